The molecule has 1 aromatic heterocycles. The molecule has 0 saturated carbocycles. The lowest BCUT2D eigenvalue weighted by atomic mass is 10.00. The maximum Gasteiger partial charge on any atom is 0.416 e. The van der Waals surface area contributed by atoms with Crippen molar-refractivity contribution in [2.24, 2.45) is 5.73 Å². The molecule has 3 aromatic rings. The summed E-state index contributed by atoms with van der Waals surface area (Å²) in [5, 5.41) is 2.80. The number of methoxy groups -OCH3 is 1. The normalized spacial score (nSPS) is 11.1. The third kappa shape index (κ3) is 5.35. The SMILES string of the molecule is COc1cc(Cl)ccc1Oc1ccc(C(F)(F)F)c(C)c1C(=O)Nc1ccnc(C(N)=O)c1. The highest BCUT2D eigenvalue weighted by Crippen LogP contribution is 2.40. The molecule has 0 fully saturated rings. The van der Waals surface area contributed by atoms with Crippen molar-refractivity contribution in [1.82, 2.24) is 4.98 Å². The van der Waals surface area contributed by atoms with E-state index in [0.29, 0.717) is 5.02 Å². The Morgan fingerprint density at radius 1 is 1.06 bits per heavy atom. The minimum atomic E-state index is -4.70. The predicted molar refractivity (Wildman–Crippen MR) is 115 cm³/mol. The van der Waals surface area contributed by atoms with Gasteiger partial charge in [-0.15, -0.1) is 0 Å². The van der Waals surface area contributed by atoms with Crippen molar-refractivity contribution in [3.05, 3.63) is 76.1 Å². The van der Waals surface area contributed by atoms with Gasteiger partial charge in [0.2, 0.25) is 0 Å². The molecule has 1 heterocycles. The number of primary amides is 1. The first-order valence-electron chi connectivity index (χ1n) is 9.30. The fourth-order valence-corrected chi connectivity index (χ4v) is 3.20. The summed E-state index contributed by atoms with van der Waals surface area (Å²) in [4.78, 5) is 28.2. The highest BCUT2D eigenvalue weighted by molar-refractivity contribution is 6.30. The van der Waals surface area contributed by atoms with E-state index in [4.69, 9.17) is 26.8 Å². The summed E-state index contributed by atoms with van der Waals surface area (Å²) in [5.41, 5.74) is 3.44. The molecule has 11 heteroatoms. The number of carbonyl (C=O) groups is 2. The topological polar surface area (TPSA) is 104 Å². The number of hydrogen-bond acceptors (Lipinski definition) is 5. The number of nitrogens with one attached hydrogen (secondary N) is 1. The molecular weight excluding hydrogens is 463 g/mol. The largest absolute Gasteiger partial charge is 0.493 e. The Morgan fingerprint density at radius 2 is 1.76 bits per heavy atom. The minimum Gasteiger partial charge on any atom is -0.493 e. The predicted octanol–water partition coefficient (Wildman–Crippen LogP) is 5.21. The fraction of sp³-hybridized carbons (Fsp3) is 0.136. The van der Waals surface area contributed by atoms with Crippen molar-refractivity contribution in [3.63, 3.8) is 0 Å². The number of halogens is 4. The first-order chi connectivity index (χ1) is 15.5. The standard InChI is InChI=1S/C22H17ClF3N3O4/c1-11-14(22(24,25)26)4-6-17(33-16-5-3-12(23)9-18(16)32-2)19(11)21(31)29-13-7-8-28-15(10-13)20(27)30/h3-10H,1-2H3,(H2,27,30)(H,28,29,31). The molecule has 0 bridgehead atoms. The molecule has 0 saturated heterocycles. The molecule has 0 aliphatic heterocycles. The third-order valence-corrected chi connectivity index (χ3v) is 4.81. The number of pyridine rings is 1. The molecule has 2 amide bonds. The van der Waals surface area contributed by atoms with Crippen LogP contribution in [0.15, 0.2) is 48.7 Å². The molecule has 7 nitrogen and oxygen atoms in total. The van der Waals surface area contributed by atoms with Crippen LogP contribution in [0.2, 0.25) is 5.02 Å². The van der Waals surface area contributed by atoms with Gasteiger partial charge in [0.1, 0.15) is 11.4 Å². The van der Waals surface area contributed by atoms with Gasteiger partial charge in [-0.05, 0) is 48.9 Å². The van der Waals surface area contributed by atoms with Crippen molar-refractivity contribution in [2.75, 3.05) is 12.4 Å². The molecule has 0 unspecified atom stereocenters. The maximum absolute atomic E-state index is 13.5. The quantitative estimate of drug-likeness (QED) is 0.505. The Kier molecular flexibility index (Phi) is 6.78. The van der Waals surface area contributed by atoms with Gasteiger partial charge in [-0.2, -0.15) is 13.2 Å². The molecular formula is C22H17ClF3N3O4. The van der Waals surface area contributed by atoms with Gasteiger partial charge in [0.05, 0.1) is 18.2 Å². The molecule has 0 spiro atoms. The molecule has 0 aliphatic carbocycles. The van der Waals surface area contributed by atoms with Crippen molar-refractivity contribution in [1.29, 1.82) is 0 Å². The van der Waals surface area contributed by atoms with E-state index in [9.17, 15) is 22.8 Å². The summed E-state index contributed by atoms with van der Waals surface area (Å²) in [6, 6.07) is 8.83. The molecule has 0 aliphatic rings. The van der Waals surface area contributed by atoms with Crippen LogP contribution in [0.5, 0.6) is 17.2 Å². The summed E-state index contributed by atoms with van der Waals surface area (Å²) < 4.78 is 51.5. The number of anilines is 1. The van der Waals surface area contributed by atoms with E-state index >= 15 is 0 Å². The Bertz CT molecular complexity index is 1230. The van der Waals surface area contributed by atoms with Crippen LogP contribution in [-0.4, -0.2) is 23.9 Å². The lowest BCUT2D eigenvalue weighted by Gasteiger charge is -2.19. The number of ether oxygens (including phenoxy) is 2. The zero-order valence-electron chi connectivity index (χ0n) is 17.3. The highest BCUT2D eigenvalue weighted by atomic mass is 35.5. The average Bonchev–Trinajstić information content (AvgIpc) is 2.74. The Balaban J connectivity index is 2.08. The van der Waals surface area contributed by atoms with Crippen LogP contribution >= 0.6 is 11.6 Å². The number of amides is 2. The van der Waals surface area contributed by atoms with Crippen molar-refractivity contribution in [2.45, 2.75) is 13.1 Å². The fourth-order valence-electron chi connectivity index (χ4n) is 3.04. The Hall–Kier alpha value is -3.79. The van der Waals surface area contributed by atoms with E-state index in [1.807, 2.05) is 0 Å². The first-order valence-corrected chi connectivity index (χ1v) is 9.68. The number of nitrogens with two attached hydrogens (primary N) is 1. The number of carbonyl (C=O) groups excluding carboxylic acids is 2. The minimum absolute atomic E-state index is 0.107. The number of benzene rings is 2. The molecule has 0 atom stereocenters. The van der Waals surface area contributed by atoms with E-state index in [1.54, 1.807) is 0 Å². The maximum atomic E-state index is 13.5. The second-order valence-electron chi connectivity index (χ2n) is 6.75. The van der Waals surface area contributed by atoms with Crippen LogP contribution in [0.4, 0.5) is 18.9 Å². The average molecular weight is 480 g/mol. The van der Waals surface area contributed by atoms with Crippen LogP contribution in [0.25, 0.3) is 0 Å². The van der Waals surface area contributed by atoms with E-state index < -0.39 is 23.6 Å². The molecule has 172 valence electrons. The van der Waals surface area contributed by atoms with Gasteiger partial charge >= 0.3 is 6.18 Å². The summed E-state index contributed by atoms with van der Waals surface area (Å²) in [5.74, 6) is -1.53. The van der Waals surface area contributed by atoms with Crippen molar-refractivity contribution >= 4 is 29.1 Å². The second kappa shape index (κ2) is 9.37. The summed E-state index contributed by atoms with van der Waals surface area (Å²) in [6.45, 7) is 1.16. The second-order valence-corrected chi connectivity index (χ2v) is 7.19. The third-order valence-electron chi connectivity index (χ3n) is 4.58. The molecule has 33 heavy (non-hydrogen) atoms. The first kappa shape index (κ1) is 23.9. The van der Waals surface area contributed by atoms with Gasteiger partial charge in [0, 0.05) is 23.0 Å². The van der Waals surface area contributed by atoms with Gasteiger partial charge in [-0.1, -0.05) is 11.6 Å². The van der Waals surface area contributed by atoms with E-state index in [0.717, 1.165) is 19.1 Å². The number of nitrogens with zero attached hydrogens (tertiary/aromatic N) is 1. The van der Waals surface area contributed by atoms with Crippen molar-refractivity contribution in [3.8, 4) is 17.2 Å². The molecule has 3 rings (SSSR count). The number of rotatable bonds is 6. The Morgan fingerprint density at radius 3 is 2.39 bits per heavy atom. The highest BCUT2D eigenvalue weighted by Gasteiger charge is 2.35. The lowest BCUT2D eigenvalue weighted by molar-refractivity contribution is -0.138. The van der Waals surface area contributed by atoms with E-state index in [-0.39, 0.29) is 39.8 Å². The van der Waals surface area contributed by atoms with Crippen LogP contribution < -0.4 is 20.5 Å². The van der Waals surface area contributed by atoms with Gasteiger partial charge in [0.25, 0.3) is 11.8 Å². The molecule has 2 aromatic carbocycles. The van der Waals surface area contributed by atoms with Crippen LogP contribution in [-0.2, 0) is 6.18 Å². The monoisotopic (exact) mass is 479 g/mol. The van der Waals surface area contributed by atoms with Crippen LogP contribution in [0.1, 0.15) is 32.0 Å². The Labute approximate surface area is 191 Å². The lowest BCUT2D eigenvalue weighted by Crippen LogP contribution is -2.19. The van der Waals surface area contributed by atoms with Gasteiger partial charge in [-0.25, -0.2) is 0 Å². The number of hydrogen-bond donors (Lipinski definition) is 2. The van der Waals surface area contributed by atoms with Crippen LogP contribution in [0.3, 0.4) is 0 Å². The van der Waals surface area contributed by atoms with Crippen LogP contribution in [0, 0.1) is 6.92 Å². The van der Waals surface area contributed by atoms with E-state index in [2.05, 4.69) is 10.3 Å². The number of aromatic nitrogens is 1. The molecule has 3 N–H and O–H groups in total. The van der Waals surface area contributed by atoms with Gasteiger partial charge in [0.15, 0.2) is 11.5 Å². The van der Waals surface area contributed by atoms with Gasteiger partial charge in [-0.3, -0.25) is 14.6 Å². The summed E-state index contributed by atoms with van der Waals surface area (Å²) in [6.07, 6.45) is -3.48. The zero-order valence-corrected chi connectivity index (χ0v) is 18.0. The number of alkyl halides is 3. The summed E-state index contributed by atoms with van der Waals surface area (Å²) >= 11 is 5.94. The summed E-state index contributed by atoms with van der Waals surface area (Å²) in [7, 11) is 1.36. The smallest absolute Gasteiger partial charge is 0.416 e. The van der Waals surface area contributed by atoms with Gasteiger partial charge < -0.3 is 20.5 Å². The zero-order chi connectivity index (χ0) is 24.3. The van der Waals surface area contributed by atoms with Crippen molar-refractivity contribution < 1.29 is 32.2 Å². The van der Waals surface area contributed by atoms with E-state index in [1.165, 1.54) is 43.6 Å². The molecule has 0 radical (unpaired) electrons.